The van der Waals surface area contributed by atoms with Crippen molar-refractivity contribution in [1.82, 2.24) is 0 Å². The van der Waals surface area contributed by atoms with Gasteiger partial charge >= 0.3 is 0 Å². The van der Waals surface area contributed by atoms with Crippen LogP contribution < -0.4 is 0 Å². The molecule has 0 radical (unpaired) electrons. The molecule has 19 heavy (non-hydrogen) atoms. The summed E-state index contributed by atoms with van der Waals surface area (Å²) in [6.07, 6.45) is 1.04. The predicted octanol–water partition coefficient (Wildman–Crippen LogP) is 4.51. The highest BCUT2D eigenvalue weighted by atomic mass is 19.1. The molecular formula is C16H15F3. The molecule has 2 aromatic rings. The van der Waals surface area contributed by atoms with Crippen LogP contribution in [0.25, 0.3) is 0 Å². The first-order valence-electron chi connectivity index (χ1n) is 6.17. The summed E-state index contributed by atoms with van der Waals surface area (Å²) in [6.45, 7) is 3.10. The molecule has 0 amide bonds. The Morgan fingerprint density at radius 3 is 1.84 bits per heavy atom. The Kier molecular flexibility index (Phi) is 3.93. The zero-order chi connectivity index (χ0) is 14.0. The predicted molar refractivity (Wildman–Crippen MR) is 69.6 cm³/mol. The van der Waals surface area contributed by atoms with E-state index in [0.29, 0.717) is 24.0 Å². The van der Waals surface area contributed by atoms with E-state index in [1.807, 2.05) is 6.07 Å². The maximum atomic E-state index is 13.4. The summed E-state index contributed by atoms with van der Waals surface area (Å²) in [7, 11) is 0. The van der Waals surface area contributed by atoms with E-state index in [1.165, 1.54) is 25.1 Å². The minimum absolute atomic E-state index is 0.0325. The van der Waals surface area contributed by atoms with Gasteiger partial charge in [0.1, 0.15) is 17.5 Å². The second-order valence-corrected chi connectivity index (χ2v) is 4.77. The average Bonchev–Trinajstić information content (AvgIpc) is 2.37. The molecule has 3 heteroatoms. The van der Waals surface area contributed by atoms with E-state index in [9.17, 15) is 13.2 Å². The van der Waals surface area contributed by atoms with Crippen LogP contribution in [0.2, 0.25) is 0 Å². The Morgan fingerprint density at radius 2 is 1.26 bits per heavy atom. The molecule has 0 atom stereocenters. The van der Waals surface area contributed by atoms with Crippen molar-refractivity contribution in [2.75, 3.05) is 0 Å². The van der Waals surface area contributed by atoms with Gasteiger partial charge in [0, 0.05) is 5.56 Å². The summed E-state index contributed by atoms with van der Waals surface area (Å²) in [5, 5.41) is 0. The van der Waals surface area contributed by atoms with Gasteiger partial charge in [-0.05, 0) is 61.6 Å². The van der Waals surface area contributed by atoms with Crippen molar-refractivity contribution < 1.29 is 13.2 Å². The average molecular weight is 264 g/mol. The van der Waals surface area contributed by atoms with Crippen molar-refractivity contribution >= 4 is 0 Å². The smallest absolute Gasteiger partial charge is 0.129 e. The topological polar surface area (TPSA) is 0 Å². The van der Waals surface area contributed by atoms with Crippen molar-refractivity contribution in [3.05, 3.63) is 70.0 Å². The zero-order valence-electron chi connectivity index (χ0n) is 10.9. The van der Waals surface area contributed by atoms with Crippen LogP contribution >= 0.6 is 0 Å². The van der Waals surface area contributed by atoms with Crippen LogP contribution in [0.15, 0.2) is 30.3 Å². The molecule has 0 nitrogen and oxygen atoms in total. The number of hydrogen-bond donors (Lipinski definition) is 0. The third-order valence-electron chi connectivity index (χ3n) is 3.28. The summed E-state index contributed by atoms with van der Waals surface area (Å²) in [6, 6.07) is 7.68. The van der Waals surface area contributed by atoms with Crippen LogP contribution in [-0.4, -0.2) is 0 Å². The van der Waals surface area contributed by atoms with Crippen LogP contribution in [0.1, 0.15) is 22.3 Å². The Morgan fingerprint density at radius 1 is 0.737 bits per heavy atom. The van der Waals surface area contributed by atoms with Crippen molar-refractivity contribution in [2.45, 2.75) is 26.7 Å². The molecule has 0 N–H and O–H groups in total. The summed E-state index contributed by atoms with van der Waals surface area (Å²) in [4.78, 5) is 0. The molecule has 100 valence electrons. The number of aryl methyl sites for hydroxylation is 3. The normalized spacial score (nSPS) is 10.8. The van der Waals surface area contributed by atoms with Crippen molar-refractivity contribution in [2.24, 2.45) is 0 Å². The molecular weight excluding hydrogens is 249 g/mol. The van der Waals surface area contributed by atoms with Gasteiger partial charge < -0.3 is 0 Å². The minimum Gasteiger partial charge on any atom is -0.207 e. The highest BCUT2D eigenvalue weighted by Crippen LogP contribution is 2.17. The Balaban J connectivity index is 2.12. The lowest BCUT2D eigenvalue weighted by Gasteiger charge is -2.06. The van der Waals surface area contributed by atoms with E-state index >= 15 is 0 Å². The molecule has 0 aliphatic rings. The van der Waals surface area contributed by atoms with E-state index in [-0.39, 0.29) is 11.4 Å². The first kappa shape index (κ1) is 13.7. The largest absolute Gasteiger partial charge is 0.207 e. The quantitative estimate of drug-likeness (QED) is 0.765. The van der Waals surface area contributed by atoms with E-state index in [4.69, 9.17) is 0 Å². The molecule has 0 bridgehead atoms. The van der Waals surface area contributed by atoms with Crippen molar-refractivity contribution in [3.63, 3.8) is 0 Å². The van der Waals surface area contributed by atoms with Gasteiger partial charge in [-0.2, -0.15) is 0 Å². The highest BCUT2D eigenvalue weighted by Gasteiger charge is 2.07. The van der Waals surface area contributed by atoms with Gasteiger partial charge in [0.25, 0.3) is 0 Å². The highest BCUT2D eigenvalue weighted by molar-refractivity contribution is 5.28. The lowest BCUT2D eigenvalue weighted by molar-refractivity contribution is 0.564. The fourth-order valence-corrected chi connectivity index (χ4v) is 1.92. The second kappa shape index (κ2) is 5.47. The molecule has 0 aliphatic carbocycles. The van der Waals surface area contributed by atoms with Crippen molar-refractivity contribution in [3.8, 4) is 0 Å². The lowest BCUT2D eigenvalue weighted by atomic mass is 10.0. The number of benzene rings is 2. The molecule has 0 heterocycles. The molecule has 0 fully saturated rings. The fraction of sp³-hybridized carbons (Fsp3) is 0.250. The van der Waals surface area contributed by atoms with Crippen LogP contribution in [0.3, 0.4) is 0 Å². The Hall–Kier alpha value is -1.77. The van der Waals surface area contributed by atoms with Gasteiger partial charge in [0.15, 0.2) is 0 Å². The van der Waals surface area contributed by atoms with Gasteiger partial charge in [-0.3, -0.25) is 0 Å². The van der Waals surface area contributed by atoms with Gasteiger partial charge in [0.05, 0.1) is 0 Å². The molecule has 2 aromatic carbocycles. The summed E-state index contributed by atoms with van der Waals surface area (Å²) in [5.41, 5.74) is 2.03. The molecule has 0 unspecified atom stereocenters. The van der Waals surface area contributed by atoms with Crippen molar-refractivity contribution in [1.29, 1.82) is 0 Å². The summed E-state index contributed by atoms with van der Waals surface area (Å²) in [5.74, 6) is -1.33. The van der Waals surface area contributed by atoms with E-state index in [0.717, 1.165) is 5.56 Å². The standard InChI is InChI=1S/C16H15F3/c1-10-3-4-12(7-14(10)17)5-6-13-8-15(18)11(2)16(19)9-13/h3-4,7-9H,5-6H2,1-2H3. The monoisotopic (exact) mass is 264 g/mol. The van der Waals surface area contributed by atoms with Gasteiger partial charge in [-0.25, -0.2) is 13.2 Å². The maximum absolute atomic E-state index is 13.4. The van der Waals surface area contributed by atoms with Gasteiger partial charge in [-0.1, -0.05) is 12.1 Å². The molecule has 0 spiro atoms. The first-order valence-corrected chi connectivity index (χ1v) is 6.17. The van der Waals surface area contributed by atoms with Crippen LogP contribution in [-0.2, 0) is 12.8 Å². The van der Waals surface area contributed by atoms with E-state index in [1.54, 1.807) is 13.0 Å². The van der Waals surface area contributed by atoms with Crippen LogP contribution in [0.5, 0.6) is 0 Å². The lowest BCUT2D eigenvalue weighted by Crippen LogP contribution is -1.97. The van der Waals surface area contributed by atoms with E-state index in [2.05, 4.69) is 0 Å². The zero-order valence-corrected chi connectivity index (χ0v) is 10.9. The number of rotatable bonds is 3. The van der Waals surface area contributed by atoms with Crippen LogP contribution in [0, 0.1) is 31.3 Å². The Labute approximate surface area is 110 Å². The van der Waals surface area contributed by atoms with Crippen LogP contribution in [0.4, 0.5) is 13.2 Å². The first-order chi connectivity index (χ1) is 8.97. The molecule has 2 rings (SSSR count). The summed E-state index contributed by atoms with van der Waals surface area (Å²) >= 11 is 0. The third-order valence-corrected chi connectivity index (χ3v) is 3.28. The molecule has 0 aromatic heterocycles. The molecule has 0 saturated heterocycles. The number of hydrogen-bond acceptors (Lipinski definition) is 0. The van der Waals surface area contributed by atoms with Gasteiger partial charge in [0.2, 0.25) is 0 Å². The fourth-order valence-electron chi connectivity index (χ4n) is 1.92. The summed E-state index contributed by atoms with van der Waals surface area (Å²) < 4.78 is 40.1. The number of halogens is 3. The Bertz CT molecular complexity index is 580. The second-order valence-electron chi connectivity index (χ2n) is 4.77. The maximum Gasteiger partial charge on any atom is 0.129 e. The third kappa shape index (κ3) is 3.16. The molecule has 0 saturated carbocycles. The minimum atomic E-state index is -0.537. The van der Waals surface area contributed by atoms with Gasteiger partial charge in [-0.15, -0.1) is 0 Å². The van der Waals surface area contributed by atoms with E-state index < -0.39 is 11.6 Å². The SMILES string of the molecule is Cc1ccc(CCc2cc(F)c(C)c(F)c2)cc1F. The molecule has 0 aliphatic heterocycles.